The summed E-state index contributed by atoms with van der Waals surface area (Å²) in [5.74, 6) is -1.11. The van der Waals surface area contributed by atoms with Crippen molar-refractivity contribution in [3.05, 3.63) is 35.5 Å². The second-order valence-electron chi connectivity index (χ2n) is 4.31. The van der Waals surface area contributed by atoms with Gasteiger partial charge in [0.15, 0.2) is 11.6 Å². The second kappa shape index (κ2) is 5.68. The molecular formula is C13H16FN5O. The van der Waals surface area contributed by atoms with Gasteiger partial charge < -0.3 is 10.6 Å². The monoisotopic (exact) mass is 277 g/mol. The number of hydrogen-bond donors (Lipinski definition) is 2. The molecule has 0 aliphatic carbocycles. The van der Waals surface area contributed by atoms with Gasteiger partial charge in [-0.25, -0.2) is 9.37 Å². The number of pyridine rings is 1. The van der Waals surface area contributed by atoms with Crippen LogP contribution in [0.25, 0.3) is 0 Å². The number of halogens is 1. The first-order chi connectivity index (χ1) is 9.52. The molecule has 0 fully saturated rings. The third-order valence-electron chi connectivity index (χ3n) is 2.74. The number of carbonyl (C=O) groups excluding carboxylic acids is 1. The number of aryl methyl sites for hydroxylation is 2. The predicted molar refractivity (Wildman–Crippen MR) is 74.3 cm³/mol. The lowest BCUT2D eigenvalue weighted by atomic mass is 10.2. The van der Waals surface area contributed by atoms with Crippen LogP contribution in [0.5, 0.6) is 0 Å². The van der Waals surface area contributed by atoms with Gasteiger partial charge in [0.2, 0.25) is 0 Å². The fourth-order valence-electron chi connectivity index (χ4n) is 1.82. The van der Waals surface area contributed by atoms with Crippen molar-refractivity contribution in [2.24, 2.45) is 7.05 Å². The standard InChI is InChI=1S/C13H16FN5O/c1-4-15-12-11(14)9(5-6-16-12)13(20)17-10-7-19(3)18-8(10)2/h5-7H,4H2,1-3H3,(H,15,16)(H,17,20). The number of aromatic nitrogens is 3. The van der Waals surface area contributed by atoms with E-state index in [2.05, 4.69) is 20.7 Å². The van der Waals surface area contributed by atoms with E-state index in [0.29, 0.717) is 17.9 Å². The summed E-state index contributed by atoms with van der Waals surface area (Å²) in [5.41, 5.74) is 1.17. The van der Waals surface area contributed by atoms with Crippen molar-refractivity contribution in [2.45, 2.75) is 13.8 Å². The molecule has 0 saturated carbocycles. The van der Waals surface area contributed by atoms with Crippen molar-refractivity contribution in [1.29, 1.82) is 0 Å². The Balaban J connectivity index is 2.25. The Morgan fingerprint density at radius 3 is 2.85 bits per heavy atom. The molecule has 7 heteroatoms. The summed E-state index contributed by atoms with van der Waals surface area (Å²) in [7, 11) is 1.75. The first-order valence-electron chi connectivity index (χ1n) is 6.23. The molecule has 0 bridgehead atoms. The van der Waals surface area contributed by atoms with Crippen molar-refractivity contribution in [2.75, 3.05) is 17.2 Å². The van der Waals surface area contributed by atoms with E-state index in [1.807, 2.05) is 6.92 Å². The minimum Gasteiger partial charge on any atom is -0.368 e. The molecule has 20 heavy (non-hydrogen) atoms. The van der Waals surface area contributed by atoms with Gasteiger partial charge in [0.05, 0.1) is 16.9 Å². The highest BCUT2D eigenvalue weighted by Crippen LogP contribution is 2.18. The first kappa shape index (κ1) is 14.0. The Bertz CT molecular complexity index is 638. The van der Waals surface area contributed by atoms with Gasteiger partial charge in [-0.1, -0.05) is 0 Å². The molecule has 2 aromatic heterocycles. The number of anilines is 2. The maximum atomic E-state index is 14.1. The van der Waals surface area contributed by atoms with Gasteiger partial charge in [-0.2, -0.15) is 5.10 Å². The zero-order valence-corrected chi connectivity index (χ0v) is 11.6. The smallest absolute Gasteiger partial charge is 0.258 e. The normalized spacial score (nSPS) is 10.4. The Kier molecular flexibility index (Phi) is 3.97. The van der Waals surface area contributed by atoms with Crippen LogP contribution in [0, 0.1) is 12.7 Å². The Morgan fingerprint density at radius 2 is 2.25 bits per heavy atom. The largest absolute Gasteiger partial charge is 0.368 e. The average Bonchev–Trinajstić information content (AvgIpc) is 2.70. The van der Waals surface area contributed by atoms with E-state index >= 15 is 0 Å². The van der Waals surface area contributed by atoms with E-state index in [1.165, 1.54) is 12.3 Å². The van der Waals surface area contributed by atoms with Crippen molar-refractivity contribution >= 4 is 17.4 Å². The minimum absolute atomic E-state index is 0.0563. The highest BCUT2D eigenvalue weighted by molar-refractivity contribution is 6.05. The lowest BCUT2D eigenvalue weighted by molar-refractivity contribution is 0.102. The van der Waals surface area contributed by atoms with Crippen LogP contribution >= 0.6 is 0 Å². The van der Waals surface area contributed by atoms with Gasteiger partial charge in [0.1, 0.15) is 0 Å². The Labute approximate surface area is 116 Å². The van der Waals surface area contributed by atoms with E-state index in [9.17, 15) is 9.18 Å². The van der Waals surface area contributed by atoms with Gasteiger partial charge in [-0.05, 0) is 19.9 Å². The molecule has 2 aromatic rings. The molecule has 0 atom stereocenters. The molecule has 0 saturated heterocycles. The molecule has 106 valence electrons. The van der Waals surface area contributed by atoms with Gasteiger partial charge >= 0.3 is 0 Å². The summed E-state index contributed by atoms with van der Waals surface area (Å²) in [5, 5.41) is 9.52. The summed E-state index contributed by atoms with van der Waals surface area (Å²) < 4.78 is 15.7. The lowest BCUT2D eigenvalue weighted by Gasteiger charge is -2.08. The molecule has 0 aliphatic heterocycles. The summed E-state index contributed by atoms with van der Waals surface area (Å²) in [6.07, 6.45) is 3.06. The maximum absolute atomic E-state index is 14.1. The summed E-state index contributed by atoms with van der Waals surface area (Å²) in [4.78, 5) is 16.0. The van der Waals surface area contributed by atoms with Gasteiger partial charge in [0.25, 0.3) is 5.91 Å². The summed E-state index contributed by atoms with van der Waals surface area (Å²) in [6.45, 7) is 4.12. The number of amides is 1. The average molecular weight is 277 g/mol. The third kappa shape index (κ3) is 2.76. The Hall–Kier alpha value is -2.44. The van der Waals surface area contributed by atoms with Crippen molar-refractivity contribution < 1.29 is 9.18 Å². The van der Waals surface area contributed by atoms with Crippen LogP contribution in [0.15, 0.2) is 18.5 Å². The van der Waals surface area contributed by atoms with Gasteiger partial charge in [-0.15, -0.1) is 0 Å². The molecule has 0 spiro atoms. The van der Waals surface area contributed by atoms with E-state index in [-0.39, 0.29) is 11.4 Å². The highest BCUT2D eigenvalue weighted by atomic mass is 19.1. The topological polar surface area (TPSA) is 71.8 Å². The highest BCUT2D eigenvalue weighted by Gasteiger charge is 2.17. The molecule has 1 amide bonds. The molecule has 0 radical (unpaired) electrons. The van der Waals surface area contributed by atoms with E-state index in [0.717, 1.165) is 0 Å². The van der Waals surface area contributed by atoms with Gasteiger partial charge in [-0.3, -0.25) is 9.48 Å². The predicted octanol–water partition coefficient (Wildman–Crippen LogP) is 1.95. The van der Waals surface area contributed by atoms with Crippen LogP contribution in [-0.4, -0.2) is 27.2 Å². The lowest BCUT2D eigenvalue weighted by Crippen LogP contribution is -2.16. The first-order valence-corrected chi connectivity index (χ1v) is 6.23. The molecule has 0 aromatic carbocycles. The summed E-state index contributed by atoms with van der Waals surface area (Å²) in [6, 6.07) is 1.34. The number of hydrogen-bond acceptors (Lipinski definition) is 4. The van der Waals surface area contributed by atoms with Gasteiger partial charge in [0, 0.05) is 26.0 Å². The van der Waals surface area contributed by atoms with E-state index in [4.69, 9.17) is 0 Å². The second-order valence-corrected chi connectivity index (χ2v) is 4.31. The SMILES string of the molecule is CCNc1nccc(C(=O)Nc2cn(C)nc2C)c1F. The fraction of sp³-hybridized carbons (Fsp3) is 0.308. The molecule has 2 rings (SSSR count). The summed E-state index contributed by atoms with van der Waals surface area (Å²) >= 11 is 0. The van der Waals surface area contributed by atoms with Crippen LogP contribution in [0.3, 0.4) is 0 Å². The number of nitrogens with one attached hydrogen (secondary N) is 2. The molecule has 0 unspecified atom stereocenters. The fourth-order valence-corrected chi connectivity index (χ4v) is 1.82. The van der Waals surface area contributed by atoms with E-state index in [1.54, 1.807) is 24.9 Å². The van der Waals surface area contributed by atoms with Crippen LogP contribution in [0.1, 0.15) is 23.0 Å². The zero-order valence-electron chi connectivity index (χ0n) is 11.6. The van der Waals surface area contributed by atoms with Crippen LogP contribution in [-0.2, 0) is 7.05 Å². The molecule has 0 aliphatic rings. The molecule has 6 nitrogen and oxygen atoms in total. The van der Waals surface area contributed by atoms with Crippen LogP contribution < -0.4 is 10.6 Å². The maximum Gasteiger partial charge on any atom is 0.258 e. The van der Waals surface area contributed by atoms with Crippen molar-refractivity contribution in [1.82, 2.24) is 14.8 Å². The zero-order chi connectivity index (χ0) is 14.7. The van der Waals surface area contributed by atoms with Crippen molar-refractivity contribution in [3.63, 3.8) is 0 Å². The van der Waals surface area contributed by atoms with Crippen LogP contribution in [0.2, 0.25) is 0 Å². The van der Waals surface area contributed by atoms with Crippen LogP contribution in [0.4, 0.5) is 15.9 Å². The van der Waals surface area contributed by atoms with Crippen molar-refractivity contribution in [3.8, 4) is 0 Å². The van der Waals surface area contributed by atoms with E-state index < -0.39 is 11.7 Å². The number of nitrogens with zero attached hydrogens (tertiary/aromatic N) is 3. The minimum atomic E-state index is -0.659. The molecule has 2 N–H and O–H groups in total. The molecule has 2 heterocycles. The number of carbonyl (C=O) groups is 1. The number of rotatable bonds is 4. The Morgan fingerprint density at radius 1 is 1.50 bits per heavy atom. The quantitative estimate of drug-likeness (QED) is 0.896. The molecular weight excluding hydrogens is 261 g/mol. The third-order valence-corrected chi connectivity index (χ3v) is 2.74.